The first-order valence-electron chi connectivity index (χ1n) is 5.68. The summed E-state index contributed by atoms with van der Waals surface area (Å²) in [6.07, 6.45) is 0. The van der Waals surface area contributed by atoms with Crippen molar-refractivity contribution in [3.05, 3.63) is 51.5 Å². The van der Waals surface area contributed by atoms with Crippen LogP contribution >= 0.6 is 23.2 Å². The average molecular weight is 312 g/mol. The Morgan fingerprint density at radius 2 is 1.70 bits per heavy atom. The van der Waals surface area contributed by atoms with Gasteiger partial charge in [0, 0.05) is 5.02 Å². The van der Waals surface area contributed by atoms with Gasteiger partial charge in [0.1, 0.15) is 17.1 Å². The lowest BCUT2D eigenvalue weighted by Crippen LogP contribution is -2.12. The second-order valence-corrected chi connectivity index (χ2v) is 5.02. The maximum atomic E-state index is 12.1. The Hall–Kier alpha value is -1.91. The van der Waals surface area contributed by atoms with E-state index in [1.165, 1.54) is 24.3 Å². The molecular weight excluding hydrogens is 301 g/mol. The topological polar surface area (TPSA) is 69.6 Å². The summed E-state index contributed by atoms with van der Waals surface area (Å²) >= 11 is 12.0. The average Bonchev–Trinajstić information content (AvgIpc) is 2.35. The second-order valence-electron chi connectivity index (χ2n) is 4.21. The number of phenolic OH excluding ortho intramolecular Hbond substituents is 2. The molecule has 2 aromatic rings. The Morgan fingerprint density at radius 1 is 1.10 bits per heavy atom. The van der Waals surface area contributed by atoms with Crippen LogP contribution in [0.25, 0.3) is 0 Å². The number of hydrogen-bond acceptors (Lipinski definition) is 3. The van der Waals surface area contributed by atoms with E-state index in [9.17, 15) is 15.0 Å². The number of hydrogen-bond donors (Lipinski definition) is 3. The fraction of sp³-hybridized carbons (Fsp3) is 0.0714. The van der Waals surface area contributed by atoms with Crippen molar-refractivity contribution in [2.45, 2.75) is 6.92 Å². The van der Waals surface area contributed by atoms with Crippen LogP contribution in [-0.4, -0.2) is 16.1 Å². The van der Waals surface area contributed by atoms with Crippen LogP contribution in [0.4, 0.5) is 5.69 Å². The molecule has 104 valence electrons. The van der Waals surface area contributed by atoms with Gasteiger partial charge in [-0.1, -0.05) is 29.3 Å². The summed E-state index contributed by atoms with van der Waals surface area (Å²) in [5.41, 5.74) is 0.857. The van der Waals surface area contributed by atoms with Crippen LogP contribution in [-0.2, 0) is 0 Å². The number of carbonyl (C=O) groups is 1. The van der Waals surface area contributed by atoms with E-state index < -0.39 is 5.91 Å². The summed E-state index contributed by atoms with van der Waals surface area (Å²) in [6.45, 7) is 1.79. The highest BCUT2D eigenvalue weighted by molar-refractivity contribution is 6.36. The molecular formula is C14H11Cl2NO3. The van der Waals surface area contributed by atoms with Gasteiger partial charge in [0.05, 0.1) is 10.7 Å². The van der Waals surface area contributed by atoms with Crippen molar-refractivity contribution in [3.8, 4) is 11.5 Å². The molecule has 0 aromatic heterocycles. The van der Waals surface area contributed by atoms with E-state index in [1.54, 1.807) is 13.0 Å². The number of phenols is 2. The predicted octanol–water partition coefficient (Wildman–Crippen LogP) is 3.97. The van der Waals surface area contributed by atoms with E-state index in [-0.39, 0.29) is 17.1 Å². The van der Waals surface area contributed by atoms with E-state index in [0.717, 1.165) is 5.56 Å². The zero-order valence-corrected chi connectivity index (χ0v) is 12.0. The highest BCUT2D eigenvalue weighted by Gasteiger charge is 2.17. The molecule has 0 saturated carbocycles. The standard InChI is InChI=1S/C14H11Cl2NO3/c1-7-5-9(16)10(6-8(7)15)17-14(20)13-11(18)3-2-4-12(13)19/h2-6,18-19H,1H3,(H,17,20). The SMILES string of the molecule is Cc1cc(Cl)c(NC(=O)c2c(O)cccc2O)cc1Cl. The maximum absolute atomic E-state index is 12.1. The van der Waals surface area contributed by atoms with Crippen molar-refractivity contribution < 1.29 is 15.0 Å². The van der Waals surface area contributed by atoms with Gasteiger partial charge < -0.3 is 15.5 Å². The Bertz CT molecular complexity index is 666. The first kappa shape index (κ1) is 14.5. The molecule has 0 atom stereocenters. The van der Waals surface area contributed by atoms with E-state index in [0.29, 0.717) is 15.7 Å². The van der Waals surface area contributed by atoms with E-state index in [4.69, 9.17) is 23.2 Å². The summed E-state index contributed by atoms with van der Waals surface area (Å²) in [4.78, 5) is 12.1. The van der Waals surface area contributed by atoms with Gasteiger partial charge >= 0.3 is 0 Å². The van der Waals surface area contributed by atoms with Crippen LogP contribution in [0.5, 0.6) is 11.5 Å². The molecule has 3 N–H and O–H groups in total. The van der Waals surface area contributed by atoms with E-state index >= 15 is 0 Å². The Morgan fingerprint density at radius 3 is 2.30 bits per heavy atom. The lowest BCUT2D eigenvalue weighted by molar-refractivity contribution is 0.102. The number of benzene rings is 2. The molecule has 6 heteroatoms. The number of rotatable bonds is 2. The molecule has 2 aromatic carbocycles. The van der Waals surface area contributed by atoms with E-state index in [1.807, 2.05) is 0 Å². The van der Waals surface area contributed by atoms with Crippen LogP contribution in [0.15, 0.2) is 30.3 Å². The summed E-state index contributed by atoms with van der Waals surface area (Å²) in [6, 6.07) is 7.16. The third-order valence-corrected chi connectivity index (χ3v) is 3.46. The van der Waals surface area contributed by atoms with Crippen LogP contribution in [0.2, 0.25) is 10.0 Å². The number of aryl methyl sites for hydroxylation is 1. The molecule has 0 radical (unpaired) electrons. The first-order valence-corrected chi connectivity index (χ1v) is 6.43. The molecule has 0 aliphatic carbocycles. The van der Waals surface area contributed by atoms with Gasteiger partial charge in [-0.2, -0.15) is 0 Å². The minimum atomic E-state index is -0.678. The molecule has 0 saturated heterocycles. The van der Waals surface area contributed by atoms with Crippen molar-refractivity contribution in [2.24, 2.45) is 0 Å². The number of nitrogens with one attached hydrogen (secondary N) is 1. The fourth-order valence-corrected chi connectivity index (χ4v) is 2.12. The largest absolute Gasteiger partial charge is 0.507 e. The molecule has 0 unspecified atom stereocenters. The summed E-state index contributed by atoms with van der Waals surface area (Å²) in [5.74, 6) is -1.32. The van der Waals surface area contributed by atoms with Gasteiger partial charge in [-0.05, 0) is 36.8 Å². The number of anilines is 1. The highest BCUT2D eigenvalue weighted by atomic mass is 35.5. The monoisotopic (exact) mass is 311 g/mol. The molecule has 4 nitrogen and oxygen atoms in total. The minimum Gasteiger partial charge on any atom is -0.507 e. The Labute approximate surface area is 125 Å². The third kappa shape index (κ3) is 2.81. The quantitative estimate of drug-likeness (QED) is 0.786. The normalized spacial score (nSPS) is 10.3. The van der Waals surface area contributed by atoms with Gasteiger partial charge in [0.25, 0.3) is 5.91 Å². The van der Waals surface area contributed by atoms with Crippen molar-refractivity contribution in [3.63, 3.8) is 0 Å². The van der Waals surface area contributed by atoms with Gasteiger partial charge in [0.2, 0.25) is 0 Å². The van der Waals surface area contributed by atoms with Gasteiger partial charge in [-0.25, -0.2) is 0 Å². The molecule has 2 rings (SSSR count). The molecule has 20 heavy (non-hydrogen) atoms. The summed E-state index contributed by atoms with van der Waals surface area (Å²) in [5, 5.41) is 22.5. The van der Waals surface area contributed by atoms with Crippen LogP contribution in [0.1, 0.15) is 15.9 Å². The van der Waals surface area contributed by atoms with Gasteiger partial charge in [0.15, 0.2) is 0 Å². The van der Waals surface area contributed by atoms with Crippen LogP contribution in [0, 0.1) is 6.92 Å². The van der Waals surface area contributed by atoms with E-state index in [2.05, 4.69) is 5.32 Å². The van der Waals surface area contributed by atoms with Gasteiger partial charge in [-0.3, -0.25) is 4.79 Å². The maximum Gasteiger partial charge on any atom is 0.263 e. The minimum absolute atomic E-state index is 0.222. The lowest BCUT2D eigenvalue weighted by atomic mass is 10.1. The van der Waals surface area contributed by atoms with Crippen LogP contribution in [0.3, 0.4) is 0 Å². The van der Waals surface area contributed by atoms with Crippen molar-refractivity contribution >= 4 is 34.8 Å². The van der Waals surface area contributed by atoms with Crippen molar-refractivity contribution in [1.29, 1.82) is 0 Å². The molecule has 0 aliphatic heterocycles. The highest BCUT2D eigenvalue weighted by Crippen LogP contribution is 2.31. The van der Waals surface area contributed by atoms with Crippen molar-refractivity contribution in [2.75, 3.05) is 5.32 Å². The number of halogens is 2. The Balaban J connectivity index is 2.35. The Kier molecular flexibility index (Phi) is 4.06. The molecule has 0 heterocycles. The zero-order valence-electron chi connectivity index (χ0n) is 10.4. The second kappa shape index (κ2) is 5.61. The molecule has 0 spiro atoms. The number of aromatic hydroxyl groups is 2. The molecule has 0 aliphatic rings. The van der Waals surface area contributed by atoms with Crippen LogP contribution < -0.4 is 5.32 Å². The molecule has 0 fully saturated rings. The summed E-state index contributed by atoms with van der Waals surface area (Å²) < 4.78 is 0. The lowest BCUT2D eigenvalue weighted by Gasteiger charge is -2.11. The molecule has 1 amide bonds. The van der Waals surface area contributed by atoms with Gasteiger partial charge in [-0.15, -0.1) is 0 Å². The third-order valence-electron chi connectivity index (χ3n) is 2.74. The number of amides is 1. The fourth-order valence-electron chi connectivity index (χ4n) is 1.69. The first-order chi connectivity index (χ1) is 9.40. The zero-order chi connectivity index (χ0) is 14.9. The smallest absolute Gasteiger partial charge is 0.263 e. The summed E-state index contributed by atoms with van der Waals surface area (Å²) in [7, 11) is 0. The molecule has 0 bridgehead atoms. The predicted molar refractivity (Wildman–Crippen MR) is 78.9 cm³/mol. The number of carbonyl (C=O) groups excluding carboxylic acids is 1. The van der Waals surface area contributed by atoms with Crippen molar-refractivity contribution in [1.82, 2.24) is 0 Å².